The van der Waals surface area contributed by atoms with Crippen LogP contribution in [0.15, 0.2) is 18.2 Å². The number of alkyl halides is 3. The number of rotatable bonds is 5. The first-order valence-corrected chi connectivity index (χ1v) is 7.02. The molecule has 1 fully saturated rings. The number of carboxylic acid groups (broad SMARTS) is 1. The first kappa shape index (κ1) is 15.7. The summed E-state index contributed by atoms with van der Waals surface area (Å²) in [7, 11) is 0. The Morgan fingerprint density at radius 2 is 2.05 bits per heavy atom. The maximum atomic E-state index is 13.0. The van der Waals surface area contributed by atoms with Crippen molar-refractivity contribution in [1.29, 1.82) is 0 Å². The number of nitrogens with zero attached hydrogens (tertiary/aromatic N) is 1. The van der Waals surface area contributed by atoms with Gasteiger partial charge in [-0.15, -0.1) is 0 Å². The Labute approximate surface area is 121 Å². The Kier molecular flexibility index (Phi) is 4.44. The monoisotopic (exact) mass is 301 g/mol. The minimum Gasteiger partial charge on any atom is -0.478 e. The van der Waals surface area contributed by atoms with Gasteiger partial charge < -0.3 is 10.0 Å². The number of benzene rings is 1. The van der Waals surface area contributed by atoms with Crippen molar-refractivity contribution < 1.29 is 23.1 Å². The predicted octanol–water partition coefficient (Wildman–Crippen LogP) is 4.03. The van der Waals surface area contributed by atoms with E-state index in [0.29, 0.717) is 18.2 Å². The summed E-state index contributed by atoms with van der Waals surface area (Å²) in [6, 6.07) is 3.45. The van der Waals surface area contributed by atoms with Crippen LogP contribution in [0, 0.1) is 5.92 Å². The smallest absolute Gasteiger partial charge is 0.417 e. The fourth-order valence-corrected chi connectivity index (χ4v) is 2.55. The van der Waals surface area contributed by atoms with Crippen molar-refractivity contribution in [1.82, 2.24) is 0 Å². The van der Waals surface area contributed by atoms with E-state index in [0.717, 1.165) is 31.5 Å². The highest BCUT2D eigenvalue weighted by molar-refractivity contribution is 5.90. The lowest BCUT2D eigenvalue weighted by Gasteiger charge is -2.33. The Balaban J connectivity index is 2.33. The van der Waals surface area contributed by atoms with Crippen molar-refractivity contribution >= 4 is 11.7 Å². The van der Waals surface area contributed by atoms with Gasteiger partial charge >= 0.3 is 12.1 Å². The van der Waals surface area contributed by atoms with Crippen LogP contribution in [0.5, 0.6) is 0 Å². The quantitative estimate of drug-likeness (QED) is 0.892. The SMILES string of the molecule is CCN(CC1CCC1)c1ccc(C(=O)O)c(C(F)(F)F)c1. The van der Waals surface area contributed by atoms with Crippen LogP contribution in [0.3, 0.4) is 0 Å². The van der Waals surface area contributed by atoms with Gasteiger partial charge in [-0.25, -0.2) is 4.79 Å². The molecule has 1 aromatic rings. The van der Waals surface area contributed by atoms with Gasteiger partial charge in [0.2, 0.25) is 0 Å². The topological polar surface area (TPSA) is 40.5 Å². The van der Waals surface area contributed by atoms with Gasteiger partial charge in [0.05, 0.1) is 11.1 Å². The number of anilines is 1. The molecule has 0 unspecified atom stereocenters. The number of aromatic carboxylic acids is 1. The maximum Gasteiger partial charge on any atom is 0.417 e. The summed E-state index contributed by atoms with van der Waals surface area (Å²) in [6.07, 6.45) is -1.28. The van der Waals surface area contributed by atoms with Crippen LogP contribution in [0.2, 0.25) is 0 Å². The van der Waals surface area contributed by atoms with E-state index in [9.17, 15) is 18.0 Å². The zero-order valence-electron chi connectivity index (χ0n) is 11.8. The Morgan fingerprint density at radius 1 is 1.38 bits per heavy atom. The fraction of sp³-hybridized carbons (Fsp3) is 0.533. The third-order valence-electron chi connectivity index (χ3n) is 3.99. The third-order valence-corrected chi connectivity index (χ3v) is 3.99. The molecule has 21 heavy (non-hydrogen) atoms. The summed E-state index contributed by atoms with van der Waals surface area (Å²) in [4.78, 5) is 12.8. The normalized spacial score (nSPS) is 15.6. The van der Waals surface area contributed by atoms with E-state index in [1.807, 2.05) is 11.8 Å². The molecule has 0 aliphatic heterocycles. The average Bonchev–Trinajstić information content (AvgIpc) is 2.36. The zero-order chi connectivity index (χ0) is 15.6. The highest BCUT2D eigenvalue weighted by Gasteiger charge is 2.36. The van der Waals surface area contributed by atoms with Gasteiger partial charge in [-0.2, -0.15) is 13.2 Å². The first-order chi connectivity index (χ1) is 9.82. The summed E-state index contributed by atoms with van der Waals surface area (Å²) >= 11 is 0. The zero-order valence-corrected chi connectivity index (χ0v) is 11.8. The van der Waals surface area contributed by atoms with E-state index in [-0.39, 0.29) is 0 Å². The summed E-state index contributed by atoms with van der Waals surface area (Å²) in [5.74, 6) is -1.03. The van der Waals surface area contributed by atoms with Gasteiger partial charge in [0.15, 0.2) is 0 Å². The van der Waals surface area contributed by atoms with Gasteiger partial charge in [0.1, 0.15) is 0 Å². The van der Waals surface area contributed by atoms with Crippen molar-refractivity contribution in [2.24, 2.45) is 5.92 Å². The van der Waals surface area contributed by atoms with Crippen molar-refractivity contribution in [2.45, 2.75) is 32.4 Å². The molecule has 0 radical (unpaired) electrons. The van der Waals surface area contributed by atoms with Crippen LogP contribution < -0.4 is 4.90 Å². The van der Waals surface area contributed by atoms with Crippen molar-refractivity contribution in [3.63, 3.8) is 0 Å². The lowest BCUT2D eigenvalue weighted by Crippen LogP contribution is -2.32. The summed E-state index contributed by atoms with van der Waals surface area (Å²) < 4.78 is 39.0. The standard InChI is InChI=1S/C15H18F3NO2/c1-2-19(9-10-4-3-5-10)11-6-7-12(14(20)21)13(8-11)15(16,17)18/h6-8,10H,2-5,9H2,1H3,(H,20,21). The molecule has 116 valence electrons. The number of halogens is 3. The molecule has 3 nitrogen and oxygen atoms in total. The van der Waals surface area contributed by atoms with Crippen LogP contribution in [0.4, 0.5) is 18.9 Å². The average molecular weight is 301 g/mol. The van der Waals surface area contributed by atoms with Gasteiger partial charge in [-0.3, -0.25) is 0 Å². The molecule has 0 saturated heterocycles. The van der Waals surface area contributed by atoms with Crippen LogP contribution in [0.1, 0.15) is 42.1 Å². The van der Waals surface area contributed by atoms with Gasteiger partial charge in [-0.1, -0.05) is 6.42 Å². The van der Waals surface area contributed by atoms with Crippen LogP contribution in [-0.4, -0.2) is 24.2 Å². The second-order valence-electron chi connectivity index (χ2n) is 5.37. The van der Waals surface area contributed by atoms with Crippen LogP contribution in [-0.2, 0) is 6.18 Å². The fourth-order valence-electron chi connectivity index (χ4n) is 2.55. The molecule has 1 saturated carbocycles. The molecule has 0 atom stereocenters. The molecule has 0 aromatic heterocycles. The van der Waals surface area contributed by atoms with E-state index < -0.39 is 23.3 Å². The molecule has 1 aliphatic carbocycles. The second-order valence-corrected chi connectivity index (χ2v) is 5.37. The van der Waals surface area contributed by atoms with Crippen LogP contribution >= 0.6 is 0 Å². The third kappa shape index (κ3) is 3.49. The van der Waals surface area contributed by atoms with E-state index >= 15 is 0 Å². The molecule has 1 aromatic carbocycles. The largest absolute Gasteiger partial charge is 0.478 e. The lowest BCUT2D eigenvalue weighted by atomic mass is 9.85. The Morgan fingerprint density at radius 3 is 2.48 bits per heavy atom. The Bertz CT molecular complexity index is 524. The number of hydrogen-bond acceptors (Lipinski definition) is 2. The van der Waals surface area contributed by atoms with E-state index in [1.54, 1.807) is 0 Å². The molecular weight excluding hydrogens is 283 g/mol. The molecule has 0 bridgehead atoms. The summed E-state index contributed by atoms with van der Waals surface area (Å²) in [5.41, 5.74) is -1.35. The lowest BCUT2D eigenvalue weighted by molar-refractivity contribution is -0.138. The Hall–Kier alpha value is -1.72. The minimum absolute atomic E-state index is 0.432. The highest BCUT2D eigenvalue weighted by atomic mass is 19.4. The minimum atomic E-state index is -4.67. The number of hydrogen-bond donors (Lipinski definition) is 1. The summed E-state index contributed by atoms with van der Waals surface area (Å²) in [6.45, 7) is 3.21. The molecule has 1 N–H and O–H groups in total. The molecule has 0 amide bonds. The maximum absolute atomic E-state index is 13.0. The van der Waals surface area contributed by atoms with Gasteiger partial charge in [0.25, 0.3) is 0 Å². The molecule has 1 aliphatic rings. The molecule has 0 spiro atoms. The molecular formula is C15H18F3NO2. The van der Waals surface area contributed by atoms with Gasteiger partial charge in [0, 0.05) is 18.8 Å². The van der Waals surface area contributed by atoms with Crippen molar-refractivity contribution in [3.8, 4) is 0 Å². The predicted molar refractivity (Wildman–Crippen MR) is 73.6 cm³/mol. The first-order valence-electron chi connectivity index (χ1n) is 7.02. The van der Waals surface area contributed by atoms with E-state index in [4.69, 9.17) is 5.11 Å². The summed E-state index contributed by atoms with van der Waals surface area (Å²) in [5, 5.41) is 8.89. The number of carbonyl (C=O) groups is 1. The molecule has 2 rings (SSSR count). The van der Waals surface area contributed by atoms with Crippen LogP contribution in [0.25, 0.3) is 0 Å². The highest BCUT2D eigenvalue weighted by Crippen LogP contribution is 2.35. The van der Waals surface area contributed by atoms with E-state index in [1.165, 1.54) is 12.5 Å². The van der Waals surface area contributed by atoms with Gasteiger partial charge in [-0.05, 0) is 43.9 Å². The number of carboxylic acids is 1. The molecule has 0 heterocycles. The van der Waals surface area contributed by atoms with E-state index in [2.05, 4.69) is 0 Å². The van der Waals surface area contributed by atoms with Crippen molar-refractivity contribution in [3.05, 3.63) is 29.3 Å². The second kappa shape index (κ2) is 5.95. The van der Waals surface area contributed by atoms with Crippen molar-refractivity contribution in [2.75, 3.05) is 18.0 Å². The molecule has 6 heteroatoms.